The molecule has 0 aliphatic carbocycles. The lowest BCUT2D eigenvalue weighted by atomic mass is 10.2. The number of hydrogen-bond acceptors (Lipinski definition) is 3. The van der Waals surface area contributed by atoms with E-state index in [4.69, 9.17) is 9.15 Å². The van der Waals surface area contributed by atoms with E-state index in [2.05, 4.69) is 0 Å². The summed E-state index contributed by atoms with van der Waals surface area (Å²) in [5.74, 6) is 0.694. The van der Waals surface area contributed by atoms with E-state index in [9.17, 15) is 4.79 Å². The second kappa shape index (κ2) is 8.07. The number of furan rings is 1. The molecule has 4 heteroatoms. The number of carbonyl (C=O) groups excluding carboxylic acids is 1. The van der Waals surface area contributed by atoms with Crippen LogP contribution >= 0.6 is 0 Å². The van der Waals surface area contributed by atoms with Gasteiger partial charge in [-0.25, -0.2) is 0 Å². The first-order valence-corrected chi connectivity index (χ1v) is 6.83. The van der Waals surface area contributed by atoms with E-state index in [-0.39, 0.29) is 5.91 Å². The molecule has 4 nitrogen and oxygen atoms in total. The molecule has 0 saturated carbocycles. The van der Waals surface area contributed by atoms with E-state index in [1.54, 1.807) is 24.3 Å². The fourth-order valence-corrected chi connectivity index (χ4v) is 1.90. The summed E-state index contributed by atoms with van der Waals surface area (Å²) in [7, 11) is 1.62. The van der Waals surface area contributed by atoms with Crippen molar-refractivity contribution in [2.75, 3.05) is 20.3 Å². The van der Waals surface area contributed by atoms with E-state index < -0.39 is 0 Å². The van der Waals surface area contributed by atoms with Crippen LogP contribution in [0, 0.1) is 0 Å². The van der Waals surface area contributed by atoms with Crippen LogP contribution in [0.25, 0.3) is 6.08 Å². The molecule has 2 rings (SSSR count). The van der Waals surface area contributed by atoms with Crippen molar-refractivity contribution in [3.8, 4) is 0 Å². The SMILES string of the molecule is COCCN(Cc1ccco1)C(=O)/C=C/c1ccccc1. The Morgan fingerprint density at radius 2 is 2.05 bits per heavy atom. The van der Waals surface area contributed by atoms with Gasteiger partial charge in [0.1, 0.15) is 5.76 Å². The Morgan fingerprint density at radius 1 is 1.24 bits per heavy atom. The van der Waals surface area contributed by atoms with E-state index in [0.717, 1.165) is 11.3 Å². The van der Waals surface area contributed by atoms with Crippen molar-refractivity contribution >= 4 is 12.0 Å². The minimum absolute atomic E-state index is 0.0627. The first-order chi connectivity index (χ1) is 10.3. The molecular weight excluding hydrogens is 266 g/mol. The lowest BCUT2D eigenvalue weighted by molar-refractivity contribution is -0.127. The predicted octanol–water partition coefficient (Wildman–Crippen LogP) is 2.97. The zero-order valence-corrected chi connectivity index (χ0v) is 12.1. The number of rotatable bonds is 7. The molecule has 1 aromatic heterocycles. The maximum absolute atomic E-state index is 12.3. The Bertz CT molecular complexity index is 561. The third-order valence-electron chi connectivity index (χ3n) is 3.02. The van der Waals surface area contributed by atoms with Crippen LogP contribution in [-0.2, 0) is 16.1 Å². The number of methoxy groups -OCH3 is 1. The van der Waals surface area contributed by atoms with Crippen LogP contribution in [0.5, 0.6) is 0 Å². The molecule has 0 fully saturated rings. The molecule has 0 spiro atoms. The Hall–Kier alpha value is -2.33. The van der Waals surface area contributed by atoms with E-state index in [1.807, 2.05) is 48.5 Å². The lowest BCUT2D eigenvalue weighted by Crippen LogP contribution is -2.31. The predicted molar refractivity (Wildman–Crippen MR) is 81.5 cm³/mol. The van der Waals surface area contributed by atoms with Crippen molar-refractivity contribution in [3.05, 3.63) is 66.1 Å². The average molecular weight is 285 g/mol. The van der Waals surface area contributed by atoms with Gasteiger partial charge < -0.3 is 14.1 Å². The van der Waals surface area contributed by atoms with Gasteiger partial charge >= 0.3 is 0 Å². The zero-order chi connectivity index (χ0) is 14.9. The second-order valence-corrected chi connectivity index (χ2v) is 4.58. The van der Waals surface area contributed by atoms with Gasteiger partial charge in [-0.3, -0.25) is 4.79 Å². The fraction of sp³-hybridized carbons (Fsp3) is 0.235. The van der Waals surface area contributed by atoms with Gasteiger partial charge in [-0.15, -0.1) is 0 Å². The van der Waals surface area contributed by atoms with Gasteiger partial charge in [0.25, 0.3) is 0 Å². The third-order valence-corrected chi connectivity index (χ3v) is 3.02. The summed E-state index contributed by atoms with van der Waals surface area (Å²) in [6.07, 6.45) is 4.99. The summed E-state index contributed by atoms with van der Waals surface area (Å²) < 4.78 is 10.4. The minimum atomic E-state index is -0.0627. The average Bonchev–Trinajstić information content (AvgIpc) is 3.03. The van der Waals surface area contributed by atoms with Crippen LogP contribution in [0.4, 0.5) is 0 Å². The molecular formula is C17H19NO3. The first kappa shape index (κ1) is 15.1. The van der Waals surface area contributed by atoms with Crippen LogP contribution in [0.2, 0.25) is 0 Å². The largest absolute Gasteiger partial charge is 0.467 e. The number of benzene rings is 1. The summed E-state index contributed by atoms with van der Waals surface area (Å²) in [6, 6.07) is 13.4. The molecule has 0 aliphatic rings. The maximum atomic E-state index is 12.3. The highest BCUT2D eigenvalue weighted by molar-refractivity contribution is 5.91. The standard InChI is InChI=1S/C17H19NO3/c1-20-13-11-18(14-16-8-5-12-21-16)17(19)10-9-15-6-3-2-4-7-15/h2-10,12H,11,13-14H2,1H3/b10-9+. The van der Waals surface area contributed by atoms with Crippen molar-refractivity contribution in [2.24, 2.45) is 0 Å². The summed E-state index contributed by atoms with van der Waals surface area (Å²) in [4.78, 5) is 14.0. The van der Waals surface area contributed by atoms with Crippen molar-refractivity contribution in [1.82, 2.24) is 4.90 Å². The Labute approximate surface area is 124 Å². The Morgan fingerprint density at radius 3 is 2.71 bits per heavy atom. The highest BCUT2D eigenvalue weighted by Gasteiger charge is 2.12. The van der Waals surface area contributed by atoms with Gasteiger partial charge in [0, 0.05) is 19.7 Å². The van der Waals surface area contributed by atoms with Gasteiger partial charge in [-0.1, -0.05) is 30.3 Å². The Balaban J connectivity index is 2.01. The number of amides is 1. The normalized spacial score (nSPS) is 10.9. The molecule has 1 aromatic carbocycles. The molecule has 0 bridgehead atoms. The number of nitrogens with zero attached hydrogens (tertiary/aromatic N) is 1. The van der Waals surface area contributed by atoms with Crippen LogP contribution < -0.4 is 0 Å². The van der Waals surface area contributed by atoms with Gasteiger partial charge in [0.05, 0.1) is 19.4 Å². The van der Waals surface area contributed by atoms with Crippen molar-refractivity contribution in [2.45, 2.75) is 6.54 Å². The van der Waals surface area contributed by atoms with E-state index in [1.165, 1.54) is 0 Å². The molecule has 0 unspecified atom stereocenters. The van der Waals surface area contributed by atoms with E-state index in [0.29, 0.717) is 19.7 Å². The lowest BCUT2D eigenvalue weighted by Gasteiger charge is -2.19. The minimum Gasteiger partial charge on any atom is -0.467 e. The van der Waals surface area contributed by atoms with Crippen LogP contribution in [0.15, 0.2) is 59.2 Å². The number of carbonyl (C=O) groups is 1. The summed E-state index contributed by atoms with van der Waals surface area (Å²) in [5.41, 5.74) is 0.996. The van der Waals surface area contributed by atoms with Crippen molar-refractivity contribution in [1.29, 1.82) is 0 Å². The second-order valence-electron chi connectivity index (χ2n) is 4.58. The molecule has 0 aliphatic heterocycles. The van der Waals surface area contributed by atoms with E-state index >= 15 is 0 Å². The summed E-state index contributed by atoms with van der Waals surface area (Å²) in [5, 5.41) is 0. The summed E-state index contributed by atoms with van der Waals surface area (Å²) >= 11 is 0. The van der Waals surface area contributed by atoms with Gasteiger partial charge in [0.15, 0.2) is 0 Å². The molecule has 0 radical (unpaired) electrons. The maximum Gasteiger partial charge on any atom is 0.247 e. The zero-order valence-electron chi connectivity index (χ0n) is 12.1. The van der Waals surface area contributed by atoms with Gasteiger partial charge in [-0.2, -0.15) is 0 Å². The monoisotopic (exact) mass is 285 g/mol. The third kappa shape index (κ3) is 4.93. The first-order valence-electron chi connectivity index (χ1n) is 6.83. The molecule has 1 amide bonds. The molecule has 2 aromatic rings. The van der Waals surface area contributed by atoms with Crippen molar-refractivity contribution in [3.63, 3.8) is 0 Å². The molecule has 0 atom stereocenters. The molecule has 110 valence electrons. The van der Waals surface area contributed by atoms with Gasteiger partial charge in [0.2, 0.25) is 5.91 Å². The molecule has 0 N–H and O–H groups in total. The fourth-order valence-electron chi connectivity index (χ4n) is 1.90. The smallest absolute Gasteiger partial charge is 0.247 e. The summed E-state index contributed by atoms with van der Waals surface area (Å²) in [6.45, 7) is 1.45. The van der Waals surface area contributed by atoms with Crippen LogP contribution in [0.3, 0.4) is 0 Å². The Kier molecular flexibility index (Phi) is 5.79. The number of hydrogen-bond donors (Lipinski definition) is 0. The van der Waals surface area contributed by atoms with Crippen LogP contribution in [-0.4, -0.2) is 31.1 Å². The topological polar surface area (TPSA) is 42.7 Å². The van der Waals surface area contributed by atoms with Crippen molar-refractivity contribution < 1.29 is 13.9 Å². The quantitative estimate of drug-likeness (QED) is 0.734. The highest BCUT2D eigenvalue weighted by atomic mass is 16.5. The highest BCUT2D eigenvalue weighted by Crippen LogP contribution is 2.07. The van der Waals surface area contributed by atoms with Crippen LogP contribution in [0.1, 0.15) is 11.3 Å². The number of ether oxygens (including phenoxy) is 1. The van der Waals surface area contributed by atoms with Gasteiger partial charge in [-0.05, 0) is 23.8 Å². The molecule has 1 heterocycles. The molecule has 0 saturated heterocycles. The molecule has 21 heavy (non-hydrogen) atoms.